The van der Waals surface area contributed by atoms with Crippen molar-refractivity contribution in [2.45, 2.75) is 0 Å². The number of hydrogen-bond donors (Lipinski definition) is 0. The number of hydrogen-bond acceptors (Lipinski definition) is 3. The molecule has 118 valence electrons. The van der Waals surface area contributed by atoms with Gasteiger partial charge in [-0.15, -0.1) is 0 Å². The molecule has 0 aliphatic heterocycles. The molecule has 0 spiro atoms. The zero-order valence-electron chi connectivity index (χ0n) is 18.0. The van der Waals surface area contributed by atoms with Crippen molar-refractivity contribution >= 4 is 21.9 Å². The van der Waals surface area contributed by atoms with Gasteiger partial charge in [-0.05, 0) is 29.3 Å². The molecule has 0 aliphatic rings. The van der Waals surface area contributed by atoms with Gasteiger partial charge in [0.05, 0.1) is 18.1 Å². The molecule has 2 aromatic carbocycles. The van der Waals surface area contributed by atoms with Gasteiger partial charge in [-0.25, -0.2) is 0 Å². The van der Waals surface area contributed by atoms with Crippen molar-refractivity contribution in [3.8, 4) is 22.4 Å². The third kappa shape index (κ3) is 2.29. The molecule has 0 bridgehead atoms. The number of nitrogens with zero attached hydrogens (tertiary/aromatic N) is 2. The van der Waals surface area contributed by atoms with Crippen LogP contribution in [0.1, 0.15) is 6.85 Å². The Morgan fingerprint density at radius 3 is 2.68 bits per heavy atom. The lowest BCUT2D eigenvalue weighted by Crippen LogP contribution is -1.87. The first-order valence-electron chi connectivity index (χ1n) is 10.3. The lowest BCUT2D eigenvalue weighted by molar-refractivity contribution is 0.669. The second-order valence-corrected chi connectivity index (χ2v) is 5.59. The van der Waals surface area contributed by atoms with E-state index >= 15 is 0 Å². The number of furan rings is 1. The van der Waals surface area contributed by atoms with Crippen molar-refractivity contribution < 1.29 is 11.3 Å². The molecule has 3 heterocycles. The van der Waals surface area contributed by atoms with Crippen LogP contribution < -0.4 is 0 Å². The maximum absolute atomic E-state index is 8.23. The minimum atomic E-state index is -0.417. The minimum absolute atomic E-state index is 0.134. The number of aromatic nitrogens is 2. The van der Waals surface area contributed by atoms with Crippen LogP contribution in [0.4, 0.5) is 0 Å². The van der Waals surface area contributed by atoms with E-state index in [4.69, 9.17) is 11.3 Å². The highest BCUT2D eigenvalue weighted by Crippen LogP contribution is 2.35. The van der Waals surface area contributed by atoms with Crippen LogP contribution in [0.5, 0.6) is 0 Å². The second-order valence-electron chi connectivity index (χ2n) is 5.59. The summed E-state index contributed by atoms with van der Waals surface area (Å²) in [5, 5.41) is 1.81. The molecule has 3 aromatic heterocycles. The van der Waals surface area contributed by atoms with Gasteiger partial charge in [0.15, 0.2) is 0 Å². The SMILES string of the molecule is [2H]c1c([2H])c([2H])c(-c2ccnc(-c3cncc4c3oc3ccccc34)c2)c([2H])c1[2H]. The van der Waals surface area contributed by atoms with E-state index in [1.54, 1.807) is 30.7 Å². The predicted molar refractivity (Wildman–Crippen MR) is 100 cm³/mol. The van der Waals surface area contributed by atoms with Crippen molar-refractivity contribution in [3.63, 3.8) is 0 Å². The van der Waals surface area contributed by atoms with E-state index in [1.165, 1.54) is 0 Å². The van der Waals surface area contributed by atoms with Gasteiger partial charge in [-0.1, -0.05) is 48.4 Å². The van der Waals surface area contributed by atoms with Crippen LogP contribution in [-0.2, 0) is 0 Å². The molecule has 0 radical (unpaired) electrons. The van der Waals surface area contributed by atoms with E-state index in [2.05, 4.69) is 9.97 Å². The first kappa shape index (κ1) is 9.74. The van der Waals surface area contributed by atoms with Crippen LogP contribution in [0.3, 0.4) is 0 Å². The molecule has 5 rings (SSSR count). The largest absolute Gasteiger partial charge is 0.455 e. The number of pyridine rings is 2. The van der Waals surface area contributed by atoms with E-state index in [0.717, 1.165) is 16.4 Å². The number of benzene rings is 2. The van der Waals surface area contributed by atoms with Gasteiger partial charge < -0.3 is 4.42 Å². The number of fused-ring (bicyclic) bond motifs is 3. The van der Waals surface area contributed by atoms with Crippen molar-refractivity contribution in [2.24, 2.45) is 0 Å². The van der Waals surface area contributed by atoms with E-state index in [1.807, 2.05) is 24.3 Å². The normalized spacial score (nSPS) is 14.0. The highest BCUT2D eigenvalue weighted by Gasteiger charge is 2.13. The zero-order valence-corrected chi connectivity index (χ0v) is 13.0. The first-order valence-corrected chi connectivity index (χ1v) is 7.76. The topological polar surface area (TPSA) is 38.9 Å². The summed E-state index contributed by atoms with van der Waals surface area (Å²) in [5.41, 5.74) is 3.19. The van der Waals surface area contributed by atoms with Crippen molar-refractivity contribution in [3.05, 3.63) is 85.2 Å². The summed E-state index contributed by atoms with van der Waals surface area (Å²) in [5.74, 6) is 0. The van der Waals surface area contributed by atoms with Crippen LogP contribution >= 0.6 is 0 Å². The van der Waals surface area contributed by atoms with Crippen LogP contribution in [0.2, 0.25) is 0 Å². The van der Waals surface area contributed by atoms with Crippen molar-refractivity contribution in [2.75, 3.05) is 0 Å². The zero-order chi connectivity index (χ0) is 21.0. The Morgan fingerprint density at radius 1 is 0.880 bits per heavy atom. The third-order valence-corrected chi connectivity index (χ3v) is 4.11. The van der Waals surface area contributed by atoms with Gasteiger partial charge in [0.25, 0.3) is 0 Å². The third-order valence-electron chi connectivity index (χ3n) is 4.11. The Kier molecular flexibility index (Phi) is 2.17. The van der Waals surface area contributed by atoms with Crippen molar-refractivity contribution in [1.82, 2.24) is 9.97 Å². The first-order chi connectivity index (χ1) is 14.5. The molecule has 3 nitrogen and oxygen atoms in total. The highest BCUT2D eigenvalue weighted by molar-refractivity contribution is 6.08. The summed E-state index contributed by atoms with van der Waals surface area (Å²) < 4.78 is 46.1. The molecule has 0 saturated heterocycles. The smallest absolute Gasteiger partial charge is 0.147 e. The summed E-state index contributed by atoms with van der Waals surface area (Å²) in [7, 11) is 0. The molecule has 0 amide bonds. The Bertz CT molecular complexity index is 1430. The summed E-state index contributed by atoms with van der Waals surface area (Å²) >= 11 is 0. The Labute approximate surface area is 151 Å². The Hall–Kier alpha value is -3.46. The van der Waals surface area contributed by atoms with Gasteiger partial charge in [0.2, 0.25) is 0 Å². The molecular formula is C22H14N2O. The molecule has 0 unspecified atom stereocenters. The van der Waals surface area contributed by atoms with E-state index in [9.17, 15) is 0 Å². The quantitative estimate of drug-likeness (QED) is 0.417. The highest BCUT2D eigenvalue weighted by atomic mass is 16.3. The molecule has 25 heavy (non-hydrogen) atoms. The maximum atomic E-state index is 8.23. The summed E-state index contributed by atoms with van der Waals surface area (Å²) in [4.78, 5) is 8.75. The van der Waals surface area contributed by atoms with Crippen molar-refractivity contribution in [1.29, 1.82) is 0 Å². The van der Waals surface area contributed by atoms with Crippen LogP contribution in [0.25, 0.3) is 44.3 Å². The summed E-state index contributed by atoms with van der Waals surface area (Å²) in [6.07, 6.45) is 4.94. The van der Waals surface area contributed by atoms with Crippen LogP contribution in [0.15, 0.2) is 89.6 Å². The predicted octanol–water partition coefficient (Wildman–Crippen LogP) is 5.71. The number of rotatable bonds is 2. The van der Waals surface area contributed by atoms with E-state index in [0.29, 0.717) is 22.4 Å². The molecule has 0 saturated carbocycles. The van der Waals surface area contributed by atoms with Gasteiger partial charge in [0.1, 0.15) is 11.2 Å². The number of para-hydroxylation sites is 1. The molecule has 5 aromatic rings. The average molecular weight is 327 g/mol. The monoisotopic (exact) mass is 327 g/mol. The summed E-state index contributed by atoms with van der Waals surface area (Å²) in [6.45, 7) is 0. The van der Waals surface area contributed by atoms with Gasteiger partial charge in [-0.2, -0.15) is 0 Å². The molecule has 0 atom stereocenters. The molecule has 0 aliphatic carbocycles. The van der Waals surface area contributed by atoms with Gasteiger partial charge in [0, 0.05) is 29.4 Å². The lowest BCUT2D eigenvalue weighted by Gasteiger charge is -2.05. The average Bonchev–Trinajstić information content (AvgIpc) is 3.15. The fourth-order valence-electron chi connectivity index (χ4n) is 2.95. The second kappa shape index (κ2) is 5.56. The Morgan fingerprint density at radius 2 is 1.76 bits per heavy atom. The fraction of sp³-hybridized carbons (Fsp3) is 0. The maximum Gasteiger partial charge on any atom is 0.147 e. The minimum Gasteiger partial charge on any atom is -0.455 e. The standard InChI is InChI=1S/C22H14N2O/c1-2-6-15(7-3-1)16-10-11-24-20(12-16)19-14-23-13-18-17-8-4-5-9-21(17)25-22(18)19/h1-14H/i1D,2D,3D,6D,7D. The lowest BCUT2D eigenvalue weighted by atomic mass is 10.0. The van der Waals surface area contributed by atoms with Gasteiger partial charge >= 0.3 is 0 Å². The van der Waals surface area contributed by atoms with E-state index in [-0.39, 0.29) is 29.7 Å². The molecule has 0 N–H and O–H groups in total. The van der Waals surface area contributed by atoms with E-state index < -0.39 is 6.04 Å². The van der Waals surface area contributed by atoms with Crippen LogP contribution in [-0.4, -0.2) is 9.97 Å². The van der Waals surface area contributed by atoms with Crippen LogP contribution in [0, 0.1) is 0 Å². The fourth-order valence-corrected chi connectivity index (χ4v) is 2.95. The Balaban J connectivity index is 1.75. The van der Waals surface area contributed by atoms with Gasteiger partial charge in [-0.3, -0.25) is 9.97 Å². The summed E-state index contributed by atoms with van der Waals surface area (Å²) in [6, 6.07) is 9.34. The molecule has 0 fully saturated rings. The molecule has 3 heteroatoms. The molecular weight excluding hydrogens is 308 g/mol.